The van der Waals surface area contributed by atoms with Gasteiger partial charge in [-0.3, -0.25) is 9.05 Å². The Balaban J connectivity index is 3.69. The van der Waals surface area contributed by atoms with Gasteiger partial charge in [0.15, 0.2) is 0 Å². The summed E-state index contributed by atoms with van der Waals surface area (Å²) in [5.74, 6) is 0. The number of rotatable bonds is 23. The van der Waals surface area contributed by atoms with E-state index in [1.807, 2.05) is 0 Å². The molecule has 0 amide bonds. The normalized spacial score (nSPS) is 15.9. The average Bonchev–Trinajstić information content (AvgIpc) is 2.76. The number of nitrogens with two attached hydrogens (primary N) is 1. The molecule has 0 aromatic rings. The van der Waals surface area contributed by atoms with Crippen molar-refractivity contribution in [3.05, 3.63) is 12.2 Å². The minimum atomic E-state index is -4.18. The van der Waals surface area contributed by atoms with Crippen molar-refractivity contribution in [3.8, 4) is 0 Å². The molecule has 0 aromatic heterocycles. The summed E-state index contributed by atoms with van der Waals surface area (Å²) in [5.41, 5.74) is 5.19. The lowest BCUT2D eigenvalue weighted by molar-refractivity contribution is -0.0384. The molecule has 0 radical (unpaired) electrons. The summed E-state index contributed by atoms with van der Waals surface area (Å²) in [7, 11) is -2.54. The Morgan fingerprint density at radius 3 is 2.23 bits per heavy atom. The Kier molecular flexibility index (Phi) is 21.3. The van der Waals surface area contributed by atoms with Crippen LogP contribution in [0, 0.1) is 0 Å². The van der Waals surface area contributed by atoms with Crippen molar-refractivity contribution >= 4 is 7.82 Å². The highest BCUT2D eigenvalue weighted by atomic mass is 31.2. The van der Waals surface area contributed by atoms with Crippen LogP contribution in [0.15, 0.2) is 12.2 Å². The fourth-order valence-electron chi connectivity index (χ4n) is 2.96. The second-order valence-electron chi connectivity index (χ2n) is 7.75. The third-order valence-corrected chi connectivity index (χ3v) is 5.77. The summed E-state index contributed by atoms with van der Waals surface area (Å²) >= 11 is 0. The predicted molar refractivity (Wildman–Crippen MR) is 124 cm³/mol. The molecule has 8 nitrogen and oxygen atoms in total. The highest BCUT2D eigenvalue weighted by Crippen LogP contribution is 2.42. The Morgan fingerprint density at radius 2 is 1.58 bits per heavy atom. The first-order valence-electron chi connectivity index (χ1n) is 11.7. The van der Waals surface area contributed by atoms with Crippen LogP contribution < -0.4 is 5.73 Å². The fraction of sp³-hybridized carbons (Fsp3) is 0.909. The summed E-state index contributed by atoms with van der Waals surface area (Å²) in [6.07, 6.45) is 16.8. The van der Waals surface area contributed by atoms with Gasteiger partial charge in [-0.25, -0.2) is 4.57 Å². The van der Waals surface area contributed by atoms with Gasteiger partial charge >= 0.3 is 7.82 Å². The maximum absolute atomic E-state index is 11.5. The first kappa shape index (κ1) is 30.7. The largest absolute Gasteiger partial charge is 0.472 e. The molecule has 9 heteroatoms. The van der Waals surface area contributed by atoms with E-state index in [0.29, 0.717) is 6.61 Å². The minimum Gasteiger partial charge on any atom is -0.388 e. The van der Waals surface area contributed by atoms with Crippen LogP contribution in [0.3, 0.4) is 0 Å². The van der Waals surface area contributed by atoms with Crippen LogP contribution in [0.4, 0.5) is 0 Å². The lowest BCUT2D eigenvalue weighted by Gasteiger charge is -2.18. The standard InChI is InChI=1S/C22H46NO7P/c1-3-4-5-6-7-8-9-10-11-12-13-14-15-22(27-2)20-28-18-21(24)19-30-31(25,26)29-17-16-23/h11-12,21-22,24H,3-10,13-20,23H2,1-2H3,(H,25,26)/b12-11-/t21-,22?/m1/s1. The van der Waals surface area contributed by atoms with Crippen molar-refractivity contribution < 1.29 is 33.1 Å². The molecule has 0 aliphatic heterocycles. The van der Waals surface area contributed by atoms with E-state index < -0.39 is 13.9 Å². The molecule has 0 aliphatic rings. The van der Waals surface area contributed by atoms with Crippen LogP contribution in [-0.4, -0.2) is 62.3 Å². The zero-order chi connectivity index (χ0) is 23.2. The molecule has 0 aromatic carbocycles. The number of hydrogen-bond donors (Lipinski definition) is 3. The number of phosphoric acid groups is 1. The molecule has 0 saturated carbocycles. The van der Waals surface area contributed by atoms with Crippen molar-refractivity contribution in [1.29, 1.82) is 0 Å². The third-order valence-electron chi connectivity index (χ3n) is 4.79. The van der Waals surface area contributed by atoms with Gasteiger partial charge in [0, 0.05) is 13.7 Å². The van der Waals surface area contributed by atoms with Gasteiger partial charge in [-0.05, 0) is 32.1 Å². The Morgan fingerprint density at radius 1 is 0.935 bits per heavy atom. The van der Waals surface area contributed by atoms with E-state index in [1.54, 1.807) is 7.11 Å². The van der Waals surface area contributed by atoms with Crippen molar-refractivity contribution in [2.45, 2.75) is 89.8 Å². The van der Waals surface area contributed by atoms with E-state index in [0.717, 1.165) is 25.7 Å². The van der Waals surface area contributed by atoms with E-state index in [2.05, 4.69) is 23.6 Å². The summed E-state index contributed by atoms with van der Waals surface area (Å²) in [4.78, 5) is 9.37. The number of hydrogen-bond acceptors (Lipinski definition) is 7. The summed E-state index contributed by atoms with van der Waals surface area (Å²) in [6, 6.07) is 0. The van der Waals surface area contributed by atoms with Crippen LogP contribution in [0.25, 0.3) is 0 Å². The van der Waals surface area contributed by atoms with E-state index >= 15 is 0 Å². The second-order valence-corrected chi connectivity index (χ2v) is 9.20. The fourth-order valence-corrected chi connectivity index (χ4v) is 3.73. The highest BCUT2D eigenvalue weighted by Gasteiger charge is 2.22. The minimum absolute atomic E-state index is 0.0188. The average molecular weight is 468 g/mol. The molecule has 2 unspecified atom stereocenters. The molecule has 0 fully saturated rings. The molecule has 0 bridgehead atoms. The second kappa shape index (κ2) is 21.5. The molecule has 186 valence electrons. The zero-order valence-electron chi connectivity index (χ0n) is 19.6. The maximum atomic E-state index is 11.5. The van der Waals surface area contributed by atoms with Gasteiger partial charge in [-0.15, -0.1) is 0 Å². The topological polar surface area (TPSA) is 120 Å². The number of unbranched alkanes of at least 4 members (excludes halogenated alkanes) is 8. The monoisotopic (exact) mass is 467 g/mol. The molecule has 0 rings (SSSR count). The van der Waals surface area contributed by atoms with Gasteiger partial charge in [0.1, 0.15) is 6.10 Å². The lowest BCUT2D eigenvalue weighted by atomic mass is 10.1. The quantitative estimate of drug-likeness (QED) is 0.115. The van der Waals surface area contributed by atoms with Crippen molar-refractivity contribution in [2.75, 3.05) is 40.1 Å². The Bertz CT molecular complexity index is 465. The summed E-state index contributed by atoms with van der Waals surface area (Å²) < 4.78 is 31.6. The van der Waals surface area contributed by atoms with E-state index in [-0.39, 0.29) is 32.5 Å². The molecule has 31 heavy (non-hydrogen) atoms. The first-order valence-corrected chi connectivity index (χ1v) is 13.2. The number of aliphatic hydroxyl groups is 1. The van der Waals surface area contributed by atoms with Gasteiger partial charge in [0.05, 0.1) is 32.5 Å². The molecule has 0 heterocycles. The van der Waals surface area contributed by atoms with E-state index in [9.17, 15) is 14.6 Å². The summed E-state index contributed by atoms with van der Waals surface area (Å²) in [6.45, 7) is 2.22. The highest BCUT2D eigenvalue weighted by molar-refractivity contribution is 7.47. The Labute approximate surface area is 189 Å². The van der Waals surface area contributed by atoms with Crippen LogP contribution in [-0.2, 0) is 23.1 Å². The number of methoxy groups -OCH3 is 1. The zero-order valence-corrected chi connectivity index (χ0v) is 20.5. The lowest BCUT2D eigenvalue weighted by Crippen LogP contribution is -2.25. The first-order chi connectivity index (χ1) is 14.9. The van der Waals surface area contributed by atoms with Crippen LogP contribution in [0.1, 0.15) is 77.6 Å². The van der Waals surface area contributed by atoms with Crippen LogP contribution in [0.5, 0.6) is 0 Å². The van der Waals surface area contributed by atoms with Crippen molar-refractivity contribution in [3.63, 3.8) is 0 Å². The van der Waals surface area contributed by atoms with Gasteiger partial charge in [0.25, 0.3) is 0 Å². The Hall–Kier alpha value is -0.310. The molecule has 0 saturated heterocycles. The third kappa shape index (κ3) is 21.3. The molecular formula is C22H46NO7P. The van der Waals surface area contributed by atoms with E-state index in [4.69, 9.17) is 19.7 Å². The molecular weight excluding hydrogens is 421 g/mol. The SMILES string of the molecule is CCCCCCCCC/C=C\CCCC(COC[C@@H](O)COP(=O)(O)OCCN)OC. The molecule has 0 aliphatic carbocycles. The summed E-state index contributed by atoms with van der Waals surface area (Å²) in [5, 5.41) is 9.80. The number of aliphatic hydroxyl groups excluding tert-OH is 1. The molecule has 4 N–H and O–H groups in total. The van der Waals surface area contributed by atoms with Crippen LogP contribution in [0.2, 0.25) is 0 Å². The number of allylic oxidation sites excluding steroid dienone is 2. The smallest absolute Gasteiger partial charge is 0.388 e. The van der Waals surface area contributed by atoms with Crippen LogP contribution >= 0.6 is 7.82 Å². The number of phosphoric ester groups is 1. The van der Waals surface area contributed by atoms with Gasteiger partial charge in [-0.1, -0.05) is 57.6 Å². The predicted octanol–water partition coefficient (Wildman–Crippen LogP) is 4.34. The van der Waals surface area contributed by atoms with Crippen molar-refractivity contribution in [1.82, 2.24) is 0 Å². The van der Waals surface area contributed by atoms with Gasteiger partial charge in [0.2, 0.25) is 0 Å². The van der Waals surface area contributed by atoms with Crippen molar-refractivity contribution in [2.24, 2.45) is 5.73 Å². The number of ether oxygens (including phenoxy) is 2. The molecule has 3 atom stereocenters. The van der Waals surface area contributed by atoms with Gasteiger partial charge in [-0.2, -0.15) is 0 Å². The van der Waals surface area contributed by atoms with Gasteiger partial charge < -0.3 is 25.2 Å². The maximum Gasteiger partial charge on any atom is 0.472 e. The molecule has 0 spiro atoms. The van der Waals surface area contributed by atoms with E-state index in [1.165, 1.54) is 44.9 Å².